The van der Waals surface area contributed by atoms with Crippen molar-refractivity contribution in [3.63, 3.8) is 0 Å². The topological polar surface area (TPSA) is 55.6 Å². The molecule has 1 saturated heterocycles. The second-order valence-corrected chi connectivity index (χ2v) is 5.84. The number of esters is 1. The van der Waals surface area contributed by atoms with Gasteiger partial charge in [-0.05, 0) is 38.3 Å². The molecule has 1 aliphatic heterocycles. The highest BCUT2D eigenvalue weighted by Crippen LogP contribution is 2.35. The van der Waals surface area contributed by atoms with Crippen LogP contribution in [-0.4, -0.2) is 25.7 Å². The van der Waals surface area contributed by atoms with Crippen molar-refractivity contribution in [1.82, 2.24) is 0 Å². The van der Waals surface area contributed by atoms with Crippen LogP contribution >= 0.6 is 15.9 Å². The lowest BCUT2D eigenvalue weighted by Gasteiger charge is -2.37. The van der Waals surface area contributed by atoms with Gasteiger partial charge in [-0.25, -0.2) is 4.79 Å². The summed E-state index contributed by atoms with van der Waals surface area (Å²) in [7, 11) is 1.39. The van der Waals surface area contributed by atoms with Gasteiger partial charge < -0.3 is 15.4 Å². The van der Waals surface area contributed by atoms with Gasteiger partial charge in [0, 0.05) is 17.1 Å². The molecule has 0 saturated carbocycles. The van der Waals surface area contributed by atoms with Crippen LogP contribution in [0.25, 0.3) is 0 Å². The van der Waals surface area contributed by atoms with Crippen LogP contribution in [0.15, 0.2) is 16.6 Å². The van der Waals surface area contributed by atoms with Gasteiger partial charge in [0.2, 0.25) is 0 Å². The van der Waals surface area contributed by atoms with Crippen molar-refractivity contribution in [2.24, 2.45) is 0 Å². The van der Waals surface area contributed by atoms with Crippen molar-refractivity contribution in [1.29, 1.82) is 0 Å². The number of rotatable bonds is 2. The molecule has 2 rings (SSSR count). The van der Waals surface area contributed by atoms with Crippen molar-refractivity contribution in [3.8, 4) is 0 Å². The Hall–Kier alpha value is -1.23. The SMILES string of the molecule is COC(=O)c1cc(Br)cc(N)c1N1CCCCC1C. The molecule has 1 fully saturated rings. The fraction of sp³-hybridized carbons (Fsp3) is 0.500. The first-order valence-corrected chi connectivity index (χ1v) is 7.28. The quantitative estimate of drug-likeness (QED) is 0.669. The fourth-order valence-electron chi connectivity index (χ4n) is 2.64. The van der Waals surface area contributed by atoms with Crippen molar-refractivity contribution in [2.75, 3.05) is 24.3 Å². The lowest BCUT2D eigenvalue weighted by molar-refractivity contribution is 0.0601. The van der Waals surface area contributed by atoms with E-state index >= 15 is 0 Å². The first-order valence-electron chi connectivity index (χ1n) is 6.48. The lowest BCUT2D eigenvalue weighted by atomic mass is 10.0. The molecule has 2 N–H and O–H groups in total. The molecule has 0 amide bonds. The molecule has 1 unspecified atom stereocenters. The fourth-order valence-corrected chi connectivity index (χ4v) is 3.11. The molecule has 1 atom stereocenters. The normalized spacial score (nSPS) is 19.3. The Labute approximate surface area is 122 Å². The number of hydrogen-bond donors (Lipinski definition) is 1. The van der Waals surface area contributed by atoms with Crippen molar-refractivity contribution in [2.45, 2.75) is 32.2 Å². The Bertz CT molecular complexity index is 491. The average Bonchev–Trinajstić information content (AvgIpc) is 2.38. The zero-order chi connectivity index (χ0) is 14.0. The molecule has 0 aliphatic carbocycles. The predicted molar refractivity (Wildman–Crippen MR) is 80.6 cm³/mol. The second-order valence-electron chi connectivity index (χ2n) is 4.92. The van der Waals surface area contributed by atoms with Crippen molar-refractivity contribution in [3.05, 3.63) is 22.2 Å². The summed E-state index contributed by atoms with van der Waals surface area (Å²) >= 11 is 3.38. The van der Waals surface area contributed by atoms with E-state index in [-0.39, 0.29) is 5.97 Å². The standard InChI is InChI=1S/C14H19BrN2O2/c1-9-5-3-4-6-17(9)13-11(14(18)19-2)7-10(15)8-12(13)16/h7-9H,3-6,16H2,1-2H3. The molecule has 104 valence electrons. The third-order valence-corrected chi connectivity index (χ3v) is 4.06. The van der Waals surface area contributed by atoms with Gasteiger partial charge in [-0.1, -0.05) is 15.9 Å². The summed E-state index contributed by atoms with van der Waals surface area (Å²) in [6.07, 6.45) is 3.47. The van der Waals surface area contributed by atoms with E-state index in [9.17, 15) is 4.79 Å². The molecule has 0 radical (unpaired) electrons. The summed E-state index contributed by atoms with van der Waals surface area (Å²) in [6, 6.07) is 4.00. The van der Waals surface area contributed by atoms with E-state index < -0.39 is 0 Å². The van der Waals surface area contributed by atoms with E-state index in [2.05, 4.69) is 27.8 Å². The summed E-state index contributed by atoms with van der Waals surface area (Å²) in [5, 5.41) is 0. The highest BCUT2D eigenvalue weighted by molar-refractivity contribution is 9.10. The monoisotopic (exact) mass is 326 g/mol. The Morgan fingerprint density at radius 1 is 1.47 bits per heavy atom. The van der Waals surface area contributed by atoms with Crippen molar-refractivity contribution < 1.29 is 9.53 Å². The molecule has 19 heavy (non-hydrogen) atoms. The highest BCUT2D eigenvalue weighted by Gasteiger charge is 2.26. The predicted octanol–water partition coefficient (Wildman–Crippen LogP) is 3.20. The van der Waals surface area contributed by atoms with E-state index in [0.717, 1.165) is 29.5 Å². The Kier molecular flexibility index (Phi) is 4.34. The average molecular weight is 327 g/mol. The van der Waals surface area contributed by atoms with Crippen LogP contribution in [0.4, 0.5) is 11.4 Å². The largest absolute Gasteiger partial charge is 0.465 e. The number of piperidine rings is 1. The molecule has 4 nitrogen and oxygen atoms in total. The van der Waals surface area contributed by atoms with Crippen molar-refractivity contribution >= 4 is 33.3 Å². The summed E-state index contributed by atoms with van der Waals surface area (Å²) in [4.78, 5) is 14.2. The first kappa shape index (κ1) is 14.2. The number of benzene rings is 1. The number of methoxy groups -OCH3 is 1. The summed E-state index contributed by atoms with van der Waals surface area (Å²) in [5.74, 6) is -0.347. The van der Waals surface area contributed by atoms with E-state index in [1.807, 2.05) is 6.07 Å². The van der Waals surface area contributed by atoms with Gasteiger partial charge in [0.25, 0.3) is 0 Å². The maximum absolute atomic E-state index is 12.0. The third kappa shape index (κ3) is 2.86. The molecular formula is C14H19BrN2O2. The number of nitrogen functional groups attached to an aromatic ring is 1. The Morgan fingerprint density at radius 2 is 2.21 bits per heavy atom. The molecule has 5 heteroatoms. The lowest BCUT2D eigenvalue weighted by Crippen LogP contribution is -2.39. The summed E-state index contributed by atoms with van der Waals surface area (Å²) in [5.41, 5.74) is 8.08. The number of nitrogens with two attached hydrogens (primary N) is 1. The van der Waals surface area contributed by atoms with Gasteiger partial charge in [0.05, 0.1) is 24.0 Å². The number of carbonyl (C=O) groups is 1. The van der Waals surface area contributed by atoms with E-state index in [1.165, 1.54) is 13.5 Å². The molecule has 1 heterocycles. The Balaban J connectivity index is 2.50. The minimum Gasteiger partial charge on any atom is -0.465 e. The van der Waals surface area contributed by atoms with E-state index in [4.69, 9.17) is 10.5 Å². The van der Waals surface area contributed by atoms with Crippen LogP contribution in [0.2, 0.25) is 0 Å². The molecule has 1 aromatic carbocycles. The van der Waals surface area contributed by atoms with Crippen LogP contribution in [-0.2, 0) is 4.74 Å². The number of anilines is 2. The summed E-state index contributed by atoms with van der Waals surface area (Å²) < 4.78 is 5.66. The number of halogens is 1. The molecule has 0 spiro atoms. The number of carbonyl (C=O) groups excluding carboxylic acids is 1. The van der Waals surface area contributed by atoms with Gasteiger partial charge in [-0.3, -0.25) is 0 Å². The second kappa shape index (κ2) is 5.82. The maximum atomic E-state index is 12.0. The van der Waals surface area contributed by atoms with E-state index in [0.29, 0.717) is 17.3 Å². The van der Waals surface area contributed by atoms with Gasteiger partial charge >= 0.3 is 5.97 Å². The molecule has 1 aromatic rings. The van der Waals surface area contributed by atoms with Crippen LogP contribution in [0.3, 0.4) is 0 Å². The smallest absolute Gasteiger partial charge is 0.340 e. The van der Waals surface area contributed by atoms with Crippen LogP contribution in [0.5, 0.6) is 0 Å². The zero-order valence-electron chi connectivity index (χ0n) is 11.3. The number of nitrogens with zero attached hydrogens (tertiary/aromatic N) is 1. The first-order chi connectivity index (χ1) is 9.04. The minimum absolute atomic E-state index is 0.347. The van der Waals surface area contributed by atoms with Gasteiger partial charge in [0.15, 0.2) is 0 Å². The van der Waals surface area contributed by atoms with Gasteiger partial charge in [-0.2, -0.15) is 0 Å². The zero-order valence-corrected chi connectivity index (χ0v) is 12.9. The van der Waals surface area contributed by atoms with Crippen LogP contribution < -0.4 is 10.6 Å². The number of hydrogen-bond acceptors (Lipinski definition) is 4. The molecule has 0 bridgehead atoms. The highest BCUT2D eigenvalue weighted by atomic mass is 79.9. The summed E-state index contributed by atoms with van der Waals surface area (Å²) in [6.45, 7) is 3.10. The minimum atomic E-state index is -0.347. The van der Waals surface area contributed by atoms with Gasteiger partial charge in [0.1, 0.15) is 0 Å². The maximum Gasteiger partial charge on any atom is 0.340 e. The van der Waals surface area contributed by atoms with Crippen LogP contribution in [0, 0.1) is 0 Å². The number of ether oxygens (including phenoxy) is 1. The molecular weight excluding hydrogens is 308 g/mol. The molecule has 0 aromatic heterocycles. The van der Waals surface area contributed by atoms with E-state index in [1.54, 1.807) is 6.07 Å². The van der Waals surface area contributed by atoms with Crippen LogP contribution in [0.1, 0.15) is 36.5 Å². The third-order valence-electron chi connectivity index (χ3n) is 3.60. The van der Waals surface area contributed by atoms with Gasteiger partial charge in [-0.15, -0.1) is 0 Å². The Morgan fingerprint density at radius 3 is 2.84 bits per heavy atom. The molecule has 1 aliphatic rings.